The van der Waals surface area contributed by atoms with E-state index in [4.69, 9.17) is 0 Å². The van der Waals surface area contributed by atoms with Crippen LogP contribution in [0.1, 0.15) is 48.2 Å². The Balaban J connectivity index is 1.43. The van der Waals surface area contributed by atoms with Gasteiger partial charge in [-0.3, -0.25) is 4.79 Å². The number of hydrogen-bond donors (Lipinski definition) is 0. The first kappa shape index (κ1) is 20.6. The molecule has 0 spiro atoms. The number of thiophene rings is 1. The fourth-order valence-corrected chi connectivity index (χ4v) is 6.94. The van der Waals surface area contributed by atoms with Crippen LogP contribution in [0.15, 0.2) is 40.6 Å². The molecule has 1 aromatic carbocycles. The van der Waals surface area contributed by atoms with Gasteiger partial charge in [-0.05, 0) is 61.7 Å². The smallest absolute Gasteiger partial charge is 0.243 e. The Kier molecular flexibility index (Phi) is 5.82. The molecule has 1 saturated heterocycles. The maximum atomic E-state index is 13.3. The van der Waals surface area contributed by atoms with Gasteiger partial charge >= 0.3 is 0 Å². The molecule has 0 radical (unpaired) electrons. The van der Waals surface area contributed by atoms with E-state index in [1.807, 2.05) is 24.0 Å². The highest BCUT2D eigenvalue weighted by atomic mass is 32.2. The molecule has 0 unspecified atom stereocenters. The van der Waals surface area contributed by atoms with Crippen molar-refractivity contribution in [3.8, 4) is 0 Å². The summed E-state index contributed by atoms with van der Waals surface area (Å²) in [6.07, 6.45) is 3.02. The minimum Gasteiger partial charge on any atom is -0.335 e. The molecule has 0 saturated carbocycles. The van der Waals surface area contributed by atoms with E-state index in [0.717, 1.165) is 24.9 Å². The predicted molar refractivity (Wildman–Crippen MR) is 115 cm³/mol. The fraction of sp³-hybridized carbons (Fsp3) is 0.500. The third-order valence-electron chi connectivity index (χ3n) is 6.23. The second kappa shape index (κ2) is 8.20. The standard InChI is InChI=1S/C22H28N2O3S2/c1-3-20-19-11-15-28-21(19)10-14-24(20)22(25)17-8-12-23(13-9-17)29(26,27)18-6-4-16(2)5-7-18/h4-7,11,15,17,20H,3,8-10,12-14H2,1-2H3/t20-/m0/s1. The van der Waals surface area contributed by atoms with Gasteiger partial charge in [0, 0.05) is 30.4 Å². The number of sulfonamides is 1. The number of benzene rings is 1. The van der Waals surface area contributed by atoms with Crippen molar-refractivity contribution < 1.29 is 13.2 Å². The van der Waals surface area contributed by atoms with Crippen molar-refractivity contribution in [2.24, 2.45) is 5.92 Å². The first-order chi connectivity index (χ1) is 13.9. The largest absolute Gasteiger partial charge is 0.335 e. The summed E-state index contributed by atoms with van der Waals surface area (Å²) in [5, 5.41) is 2.12. The molecule has 29 heavy (non-hydrogen) atoms. The van der Waals surface area contributed by atoms with Gasteiger partial charge in [0.15, 0.2) is 0 Å². The van der Waals surface area contributed by atoms with E-state index in [0.29, 0.717) is 30.8 Å². The van der Waals surface area contributed by atoms with Gasteiger partial charge in [0.05, 0.1) is 10.9 Å². The molecule has 0 aliphatic carbocycles. The summed E-state index contributed by atoms with van der Waals surface area (Å²) in [7, 11) is -3.49. The topological polar surface area (TPSA) is 57.7 Å². The number of fused-ring (bicyclic) bond motifs is 1. The lowest BCUT2D eigenvalue weighted by molar-refractivity contribution is -0.139. The monoisotopic (exact) mass is 432 g/mol. The summed E-state index contributed by atoms with van der Waals surface area (Å²) in [5.74, 6) is 0.106. The maximum absolute atomic E-state index is 13.3. The number of aryl methyl sites for hydroxylation is 1. The zero-order chi connectivity index (χ0) is 20.6. The summed E-state index contributed by atoms with van der Waals surface area (Å²) in [6.45, 7) is 5.65. The van der Waals surface area contributed by atoms with Crippen LogP contribution in [0.4, 0.5) is 0 Å². The molecule has 2 aliphatic heterocycles. The molecule has 0 N–H and O–H groups in total. The van der Waals surface area contributed by atoms with Crippen molar-refractivity contribution >= 4 is 27.3 Å². The van der Waals surface area contributed by atoms with Crippen LogP contribution in [-0.4, -0.2) is 43.2 Å². The number of hydrogen-bond acceptors (Lipinski definition) is 4. The van der Waals surface area contributed by atoms with Crippen LogP contribution in [0.5, 0.6) is 0 Å². The first-order valence-corrected chi connectivity index (χ1v) is 12.7. The molecule has 0 bridgehead atoms. The van der Waals surface area contributed by atoms with Crippen molar-refractivity contribution in [2.45, 2.75) is 50.5 Å². The van der Waals surface area contributed by atoms with Gasteiger partial charge in [-0.15, -0.1) is 11.3 Å². The summed E-state index contributed by atoms with van der Waals surface area (Å²) in [5.41, 5.74) is 2.34. The predicted octanol–water partition coefficient (Wildman–Crippen LogP) is 3.99. The molecular weight excluding hydrogens is 404 g/mol. The molecule has 1 atom stereocenters. The van der Waals surface area contributed by atoms with E-state index in [2.05, 4.69) is 18.4 Å². The molecular formula is C22H28N2O3S2. The Morgan fingerprint density at radius 1 is 1.10 bits per heavy atom. The molecule has 7 heteroatoms. The second-order valence-electron chi connectivity index (χ2n) is 8.00. The Labute approximate surface area is 177 Å². The van der Waals surface area contributed by atoms with Gasteiger partial charge in [-0.1, -0.05) is 24.6 Å². The van der Waals surface area contributed by atoms with Gasteiger partial charge < -0.3 is 4.90 Å². The third-order valence-corrected chi connectivity index (χ3v) is 9.14. The van der Waals surface area contributed by atoms with Crippen LogP contribution in [-0.2, 0) is 21.2 Å². The summed E-state index contributed by atoms with van der Waals surface area (Å²) in [4.78, 5) is 17.1. The summed E-state index contributed by atoms with van der Waals surface area (Å²) in [6, 6.07) is 9.29. The summed E-state index contributed by atoms with van der Waals surface area (Å²) < 4.78 is 27.4. The quantitative estimate of drug-likeness (QED) is 0.734. The molecule has 5 nitrogen and oxygen atoms in total. The van der Waals surface area contributed by atoms with Crippen molar-refractivity contribution in [1.29, 1.82) is 0 Å². The molecule has 2 aliphatic rings. The number of carbonyl (C=O) groups excluding carboxylic acids is 1. The molecule has 1 fully saturated rings. The van der Waals surface area contributed by atoms with Crippen molar-refractivity contribution in [3.63, 3.8) is 0 Å². The molecule has 1 aromatic heterocycles. The van der Waals surface area contributed by atoms with Crippen LogP contribution in [0.3, 0.4) is 0 Å². The molecule has 2 aromatic rings. The van der Waals surface area contributed by atoms with E-state index in [-0.39, 0.29) is 17.9 Å². The fourth-order valence-electron chi connectivity index (χ4n) is 4.54. The Morgan fingerprint density at radius 2 is 1.79 bits per heavy atom. The Hall–Kier alpha value is -1.70. The highest BCUT2D eigenvalue weighted by Crippen LogP contribution is 2.37. The zero-order valence-corrected chi connectivity index (χ0v) is 18.6. The number of rotatable bonds is 4. The van der Waals surface area contributed by atoms with Gasteiger partial charge in [0.2, 0.25) is 15.9 Å². The normalized spacial score (nSPS) is 21.2. The van der Waals surface area contributed by atoms with Gasteiger partial charge in [0.25, 0.3) is 0 Å². The minimum atomic E-state index is -3.49. The van der Waals surface area contributed by atoms with Crippen LogP contribution >= 0.6 is 11.3 Å². The van der Waals surface area contributed by atoms with Gasteiger partial charge in [0.1, 0.15) is 0 Å². The minimum absolute atomic E-state index is 0.0892. The van der Waals surface area contributed by atoms with Crippen molar-refractivity contribution in [3.05, 3.63) is 51.7 Å². The van der Waals surface area contributed by atoms with E-state index < -0.39 is 10.0 Å². The first-order valence-electron chi connectivity index (χ1n) is 10.4. The van der Waals surface area contributed by atoms with Crippen molar-refractivity contribution in [1.82, 2.24) is 9.21 Å². The Morgan fingerprint density at radius 3 is 2.45 bits per heavy atom. The molecule has 156 valence electrons. The van der Waals surface area contributed by atoms with Gasteiger partial charge in [-0.2, -0.15) is 4.31 Å². The van der Waals surface area contributed by atoms with E-state index in [1.165, 1.54) is 14.7 Å². The SMILES string of the molecule is CC[C@H]1c2ccsc2CCN1C(=O)C1CCN(S(=O)(=O)c2ccc(C)cc2)CC1. The highest BCUT2D eigenvalue weighted by Gasteiger charge is 2.37. The second-order valence-corrected chi connectivity index (χ2v) is 10.9. The molecule has 1 amide bonds. The lowest BCUT2D eigenvalue weighted by atomic mass is 9.92. The molecule has 4 rings (SSSR count). The third kappa shape index (κ3) is 3.88. The van der Waals surface area contributed by atoms with Crippen LogP contribution < -0.4 is 0 Å². The zero-order valence-electron chi connectivity index (χ0n) is 17.0. The summed E-state index contributed by atoms with van der Waals surface area (Å²) >= 11 is 1.78. The van der Waals surface area contributed by atoms with Crippen LogP contribution in [0.25, 0.3) is 0 Å². The van der Waals surface area contributed by atoms with Crippen molar-refractivity contribution in [2.75, 3.05) is 19.6 Å². The average molecular weight is 433 g/mol. The van der Waals surface area contributed by atoms with E-state index in [1.54, 1.807) is 23.5 Å². The lowest BCUT2D eigenvalue weighted by Gasteiger charge is -2.39. The molecule has 3 heterocycles. The average Bonchev–Trinajstić information content (AvgIpc) is 3.22. The van der Waals surface area contributed by atoms with Gasteiger partial charge in [-0.25, -0.2) is 8.42 Å². The van der Waals surface area contributed by atoms with E-state index >= 15 is 0 Å². The number of amides is 1. The number of carbonyl (C=O) groups is 1. The van der Waals surface area contributed by atoms with Crippen LogP contribution in [0.2, 0.25) is 0 Å². The maximum Gasteiger partial charge on any atom is 0.243 e. The Bertz CT molecular complexity index is 974. The highest BCUT2D eigenvalue weighted by molar-refractivity contribution is 7.89. The number of nitrogens with zero attached hydrogens (tertiary/aromatic N) is 2. The number of piperidine rings is 1. The van der Waals surface area contributed by atoms with Crippen LogP contribution in [0, 0.1) is 12.8 Å². The van der Waals surface area contributed by atoms with E-state index in [9.17, 15) is 13.2 Å². The lowest BCUT2D eigenvalue weighted by Crippen LogP contribution is -2.47.